The molecule has 148 valence electrons. The third-order valence-corrected chi connectivity index (χ3v) is 5.14. The predicted octanol–water partition coefficient (Wildman–Crippen LogP) is 1.09. The largest absolute Gasteiger partial charge is 0.353 e. The Morgan fingerprint density at radius 2 is 2.14 bits per heavy atom. The molecule has 0 aliphatic carbocycles. The zero-order valence-electron chi connectivity index (χ0n) is 15.8. The van der Waals surface area contributed by atoms with E-state index in [-0.39, 0.29) is 16.6 Å². The van der Waals surface area contributed by atoms with Crippen LogP contribution in [0.2, 0.25) is 0 Å². The Balaban J connectivity index is 1.62. The molecule has 0 radical (unpaired) electrons. The van der Waals surface area contributed by atoms with E-state index in [1.165, 1.54) is 23.9 Å². The molecule has 3 heterocycles. The molecular weight excluding hydrogens is 380 g/mol. The highest BCUT2D eigenvalue weighted by atomic mass is 32.1. The summed E-state index contributed by atoms with van der Waals surface area (Å²) in [4.78, 5) is 26.9. The van der Waals surface area contributed by atoms with Crippen molar-refractivity contribution in [3.63, 3.8) is 0 Å². The van der Waals surface area contributed by atoms with Gasteiger partial charge in [-0.15, -0.1) is 4.65 Å². The number of hydrogen-bond donors (Lipinski definition) is 3. The zero-order chi connectivity index (χ0) is 20.1. The van der Waals surface area contributed by atoms with Crippen LogP contribution in [0.1, 0.15) is 18.7 Å². The van der Waals surface area contributed by atoms with Gasteiger partial charge in [-0.3, -0.25) is 9.69 Å². The van der Waals surface area contributed by atoms with Crippen molar-refractivity contribution in [3.05, 3.63) is 23.5 Å². The van der Waals surface area contributed by atoms with Crippen LogP contribution in [-0.4, -0.2) is 69.7 Å². The second-order valence-corrected chi connectivity index (χ2v) is 7.93. The molecule has 2 aromatic rings. The lowest BCUT2D eigenvalue weighted by Gasteiger charge is -2.37. The number of anilines is 2. The summed E-state index contributed by atoms with van der Waals surface area (Å²) in [7, 11) is 0. The Morgan fingerprint density at radius 3 is 2.79 bits per heavy atom. The number of amides is 1. The number of hydroxylamine groups is 2. The first-order valence-corrected chi connectivity index (χ1v) is 9.77. The van der Waals surface area contributed by atoms with Crippen LogP contribution in [0.4, 0.5) is 16.8 Å². The smallest absolute Gasteiger partial charge is 0.265 e. The molecule has 0 aromatic carbocycles. The third-order valence-electron chi connectivity index (χ3n) is 4.32. The van der Waals surface area contributed by atoms with E-state index < -0.39 is 0 Å². The van der Waals surface area contributed by atoms with E-state index in [4.69, 9.17) is 5.26 Å². The van der Waals surface area contributed by atoms with Crippen molar-refractivity contribution < 1.29 is 10.0 Å². The lowest BCUT2D eigenvalue weighted by molar-refractivity contribution is -0.129. The lowest BCUT2D eigenvalue weighted by Crippen LogP contribution is -2.60. The minimum absolute atomic E-state index is 0.0124. The van der Waals surface area contributed by atoms with Gasteiger partial charge < -0.3 is 10.6 Å². The normalized spacial score (nSPS) is 16.5. The van der Waals surface area contributed by atoms with E-state index in [2.05, 4.69) is 25.6 Å². The van der Waals surface area contributed by atoms with Crippen LogP contribution in [0.3, 0.4) is 0 Å². The van der Waals surface area contributed by atoms with E-state index in [0.29, 0.717) is 54.4 Å². The SMILES string of the molecule is CC(C)NC(=O)CN1CC[N+](O)(c2cc(Nc3ncc(C#N)s3)ncn2)CC1. The average molecular weight is 403 g/mol. The summed E-state index contributed by atoms with van der Waals surface area (Å²) in [6.07, 6.45) is 2.87. The molecular formula is C17H23N8O2S+. The minimum atomic E-state index is -0.319. The van der Waals surface area contributed by atoms with E-state index in [9.17, 15) is 10.0 Å². The van der Waals surface area contributed by atoms with E-state index in [1.54, 1.807) is 6.07 Å². The predicted molar refractivity (Wildman–Crippen MR) is 105 cm³/mol. The molecule has 3 N–H and O–H groups in total. The highest BCUT2D eigenvalue weighted by Crippen LogP contribution is 2.25. The summed E-state index contributed by atoms with van der Waals surface area (Å²) < 4.78 is -0.319. The highest BCUT2D eigenvalue weighted by molar-refractivity contribution is 7.16. The van der Waals surface area contributed by atoms with Gasteiger partial charge in [-0.05, 0) is 13.8 Å². The number of nitrogens with zero attached hydrogens (tertiary/aromatic N) is 6. The van der Waals surface area contributed by atoms with Crippen molar-refractivity contribution in [2.75, 3.05) is 38.0 Å². The number of aromatic nitrogens is 3. The molecule has 0 spiro atoms. The van der Waals surface area contributed by atoms with Crippen LogP contribution < -0.4 is 15.3 Å². The molecule has 1 fully saturated rings. The number of thiazole rings is 1. The van der Waals surface area contributed by atoms with Crippen molar-refractivity contribution >= 4 is 34.0 Å². The molecule has 1 aliphatic heterocycles. The Morgan fingerprint density at radius 1 is 1.39 bits per heavy atom. The minimum Gasteiger partial charge on any atom is -0.353 e. The van der Waals surface area contributed by atoms with Crippen LogP contribution in [0.15, 0.2) is 18.6 Å². The Hall–Kier alpha value is -2.65. The first-order chi connectivity index (χ1) is 13.4. The third kappa shape index (κ3) is 4.99. The maximum atomic E-state index is 11.9. The van der Waals surface area contributed by atoms with Gasteiger partial charge in [0.2, 0.25) is 5.91 Å². The van der Waals surface area contributed by atoms with Crippen molar-refractivity contribution in [2.24, 2.45) is 0 Å². The fraction of sp³-hybridized carbons (Fsp3) is 0.471. The van der Waals surface area contributed by atoms with Crippen LogP contribution in [0, 0.1) is 11.3 Å². The van der Waals surface area contributed by atoms with Gasteiger partial charge in [0.1, 0.15) is 36.2 Å². The van der Waals surface area contributed by atoms with E-state index in [0.717, 1.165) is 0 Å². The molecule has 0 atom stereocenters. The summed E-state index contributed by atoms with van der Waals surface area (Å²) in [5.74, 6) is 0.955. The fourth-order valence-corrected chi connectivity index (χ4v) is 3.55. The molecule has 1 saturated heterocycles. The number of piperazine rings is 1. The average Bonchev–Trinajstić information content (AvgIpc) is 3.11. The summed E-state index contributed by atoms with van der Waals surface area (Å²) >= 11 is 1.22. The Labute approximate surface area is 167 Å². The van der Waals surface area contributed by atoms with Crippen molar-refractivity contribution in [3.8, 4) is 6.07 Å². The van der Waals surface area contributed by atoms with Crippen LogP contribution in [0.25, 0.3) is 0 Å². The number of rotatable bonds is 6. The van der Waals surface area contributed by atoms with Crippen molar-refractivity contribution in [1.29, 1.82) is 5.26 Å². The zero-order valence-corrected chi connectivity index (χ0v) is 16.6. The van der Waals surface area contributed by atoms with E-state index >= 15 is 0 Å². The standard InChI is InChI=1S/C17H22N8O2S/c1-12(2)22-16(26)10-24-3-5-25(27,6-4-24)15-7-14(20-11-21-15)23-17-19-9-13(8-18)28-17/h7,9,11-12,27H,3-6,10H2,1-2H3,(H-,19,20,21,22,23,26)/p+1. The number of nitrogens with one attached hydrogen (secondary N) is 2. The summed E-state index contributed by atoms with van der Waals surface area (Å²) in [5.41, 5.74) is 0. The van der Waals surface area contributed by atoms with Crippen molar-refractivity contribution in [1.82, 2.24) is 29.8 Å². The van der Waals surface area contributed by atoms with Crippen LogP contribution >= 0.6 is 11.3 Å². The number of hydrogen-bond acceptors (Lipinski definition) is 9. The molecule has 3 rings (SSSR count). The Bertz CT molecular complexity index is 870. The quantitative estimate of drug-likeness (QED) is 0.612. The van der Waals surface area contributed by atoms with Gasteiger partial charge in [0.15, 0.2) is 5.13 Å². The maximum absolute atomic E-state index is 11.9. The first-order valence-electron chi connectivity index (χ1n) is 8.95. The monoisotopic (exact) mass is 403 g/mol. The van der Waals surface area contributed by atoms with Gasteiger partial charge in [0, 0.05) is 6.04 Å². The van der Waals surface area contributed by atoms with Gasteiger partial charge >= 0.3 is 0 Å². The van der Waals surface area contributed by atoms with Gasteiger partial charge in [-0.2, -0.15) is 10.2 Å². The topological polar surface area (TPSA) is 127 Å². The van der Waals surface area contributed by atoms with Crippen LogP contribution in [-0.2, 0) is 4.79 Å². The molecule has 1 amide bonds. The molecule has 1 aliphatic rings. The van der Waals surface area contributed by atoms with Gasteiger partial charge in [0.25, 0.3) is 5.82 Å². The molecule has 0 saturated carbocycles. The number of carbonyl (C=O) groups excluding carboxylic acids is 1. The fourth-order valence-electron chi connectivity index (χ4n) is 2.93. The van der Waals surface area contributed by atoms with Crippen molar-refractivity contribution in [2.45, 2.75) is 19.9 Å². The number of quaternary nitrogens is 1. The molecule has 28 heavy (non-hydrogen) atoms. The first kappa shape index (κ1) is 20.1. The molecule has 2 aromatic heterocycles. The number of nitriles is 1. The van der Waals surface area contributed by atoms with Gasteiger partial charge in [0.05, 0.1) is 31.9 Å². The van der Waals surface area contributed by atoms with Gasteiger partial charge in [-0.25, -0.2) is 15.2 Å². The van der Waals surface area contributed by atoms with Crippen LogP contribution in [0.5, 0.6) is 0 Å². The second-order valence-electron chi connectivity index (χ2n) is 6.90. The maximum Gasteiger partial charge on any atom is 0.265 e. The molecule has 0 bridgehead atoms. The second kappa shape index (κ2) is 8.57. The molecule has 11 heteroatoms. The lowest BCUT2D eigenvalue weighted by atomic mass is 10.3. The summed E-state index contributed by atoms with van der Waals surface area (Å²) in [5, 5.41) is 26.3. The highest BCUT2D eigenvalue weighted by Gasteiger charge is 2.36. The summed E-state index contributed by atoms with van der Waals surface area (Å²) in [6, 6.07) is 3.82. The molecule has 0 unspecified atom stereocenters. The van der Waals surface area contributed by atoms with Gasteiger partial charge in [-0.1, -0.05) is 11.3 Å². The summed E-state index contributed by atoms with van der Waals surface area (Å²) in [6.45, 7) is 6.16. The Kier molecular flexibility index (Phi) is 6.15. The number of carbonyl (C=O) groups is 1. The molecule has 10 nitrogen and oxygen atoms in total. The van der Waals surface area contributed by atoms with E-state index in [1.807, 2.05) is 24.8 Å².